The molecule has 2 aromatic heterocycles. The van der Waals surface area contributed by atoms with E-state index < -0.39 is 0 Å². The molecule has 0 aliphatic carbocycles. The molecule has 1 N–H and O–H groups in total. The van der Waals surface area contributed by atoms with Crippen molar-refractivity contribution in [3.05, 3.63) is 56.7 Å². The van der Waals surface area contributed by atoms with Gasteiger partial charge >= 0.3 is 0 Å². The summed E-state index contributed by atoms with van der Waals surface area (Å²) in [4.78, 5) is 23.7. The van der Waals surface area contributed by atoms with E-state index in [0.717, 1.165) is 36.5 Å². The van der Waals surface area contributed by atoms with Gasteiger partial charge in [-0.3, -0.25) is 9.89 Å². The van der Waals surface area contributed by atoms with E-state index in [0.29, 0.717) is 29.6 Å². The molecule has 27 heavy (non-hydrogen) atoms. The molecule has 0 amide bonds. The quantitative estimate of drug-likeness (QED) is 0.745. The second-order valence-electron chi connectivity index (χ2n) is 6.92. The summed E-state index contributed by atoms with van der Waals surface area (Å²) in [7, 11) is 0. The minimum Gasteiger partial charge on any atom is -0.373 e. The van der Waals surface area contributed by atoms with Gasteiger partial charge in [0.1, 0.15) is 11.5 Å². The van der Waals surface area contributed by atoms with Crippen LogP contribution >= 0.6 is 11.6 Å². The van der Waals surface area contributed by atoms with Crippen LogP contribution in [-0.4, -0.2) is 38.8 Å². The summed E-state index contributed by atoms with van der Waals surface area (Å²) in [6.45, 7) is 5.75. The molecule has 1 fully saturated rings. The first-order valence-corrected chi connectivity index (χ1v) is 9.46. The van der Waals surface area contributed by atoms with Crippen LogP contribution in [0.3, 0.4) is 0 Å². The van der Waals surface area contributed by atoms with Crippen molar-refractivity contribution < 1.29 is 4.74 Å². The summed E-state index contributed by atoms with van der Waals surface area (Å²) in [5.74, 6) is 1.09. The number of aromatic nitrogens is 4. The highest BCUT2D eigenvalue weighted by molar-refractivity contribution is 6.30. The first-order valence-electron chi connectivity index (χ1n) is 9.08. The Hall–Kier alpha value is -2.38. The van der Waals surface area contributed by atoms with Crippen molar-refractivity contribution in [3.8, 4) is 0 Å². The van der Waals surface area contributed by atoms with Gasteiger partial charge in [-0.05, 0) is 44.4 Å². The zero-order valence-electron chi connectivity index (χ0n) is 15.4. The molecule has 3 aromatic rings. The number of piperidine rings is 1. The van der Waals surface area contributed by atoms with E-state index in [9.17, 15) is 4.79 Å². The number of anilines is 1. The van der Waals surface area contributed by atoms with Crippen LogP contribution in [0.2, 0.25) is 5.02 Å². The Morgan fingerprint density at radius 3 is 2.78 bits per heavy atom. The maximum Gasteiger partial charge on any atom is 0.297 e. The lowest BCUT2D eigenvalue weighted by molar-refractivity contribution is 0.0251. The predicted molar refractivity (Wildman–Crippen MR) is 105 cm³/mol. The third kappa shape index (κ3) is 3.70. The number of H-pyrrole nitrogens is 1. The normalized spacial score (nSPS) is 15.6. The van der Waals surface area contributed by atoms with E-state index in [2.05, 4.69) is 20.0 Å². The van der Waals surface area contributed by atoms with Gasteiger partial charge in [0.25, 0.3) is 11.3 Å². The highest BCUT2D eigenvalue weighted by Gasteiger charge is 2.24. The third-order valence-electron chi connectivity index (χ3n) is 4.89. The Morgan fingerprint density at radius 1 is 1.26 bits per heavy atom. The third-order valence-corrected chi connectivity index (χ3v) is 5.13. The Kier molecular flexibility index (Phi) is 4.88. The lowest BCUT2D eigenvalue weighted by atomic mass is 10.1. The standard InChI is InChI=1S/C19H22ClN5O2/c1-12-17(18(26)25-19(21-12)22-13(2)23-25)24-8-6-16(7-9-24)27-11-14-4-3-5-15(20)10-14/h3-5,10,16H,6-9,11H2,1-2H3,(H,21,22,23). The van der Waals surface area contributed by atoms with Crippen LogP contribution in [0.15, 0.2) is 29.1 Å². The molecule has 1 aliphatic heterocycles. The molecule has 0 spiro atoms. The van der Waals surface area contributed by atoms with E-state index in [1.54, 1.807) is 0 Å². The average molecular weight is 388 g/mol. The van der Waals surface area contributed by atoms with Gasteiger partial charge in [-0.1, -0.05) is 23.7 Å². The van der Waals surface area contributed by atoms with Gasteiger partial charge in [-0.2, -0.15) is 9.50 Å². The number of aryl methyl sites for hydroxylation is 2. The predicted octanol–water partition coefficient (Wildman–Crippen LogP) is 2.87. The fourth-order valence-electron chi connectivity index (χ4n) is 3.57. The summed E-state index contributed by atoms with van der Waals surface area (Å²) in [5, 5.41) is 3.67. The molecule has 4 rings (SSSR count). The van der Waals surface area contributed by atoms with Crippen LogP contribution < -0.4 is 10.5 Å². The second-order valence-corrected chi connectivity index (χ2v) is 7.36. The van der Waals surface area contributed by atoms with Crippen LogP contribution in [0.1, 0.15) is 29.9 Å². The fraction of sp³-hybridized carbons (Fsp3) is 0.421. The number of rotatable bonds is 4. The van der Waals surface area contributed by atoms with Crippen molar-refractivity contribution in [1.29, 1.82) is 0 Å². The lowest BCUT2D eigenvalue weighted by Crippen LogP contribution is -2.41. The van der Waals surface area contributed by atoms with Crippen LogP contribution in [0.4, 0.5) is 5.69 Å². The second kappa shape index (κ2) is 7.32. The van der Waals surface area contributed by atoms with E-state index in [4.69, 9.17) is 16.3 Å². The van der Waals surface area contributed by atoms with Crippen molar-refractivity contribution in [1.82, 2.24) is 19.6 Å². The molecule has 142 valence electrons. The summed E-state index contributed by atoms with van der Waals surface area (Å²) >= 11 is 6.02. The SMILES string of the molecule is Cc1nc2nc(C)c(N3CCC(OCc4cccc(Cl)c4)CC3)c(=O)n2[nH]1. The Labute approximate surface area is 161 Å². The van der Waals surface area contributed by atoms with Gasteiger partial charge < -0.3 is 9.64 Å². The number of ether oxygens (including phenoxy) is 1. The molecule has 0 bridgehead atoms. The van der Waals surface area contributed by atoms with E-state index in [1.165, 1.54) is 4.52 Å². The molecular weight excluding hydrogens is 366 g/mol. The molecule has 3 heterocycles. The number of nitrogens with zero attached hydrogens (tertiary/aromatic N) is 4. The topological polar surface area (TPSA) is 75.5 Å². The smallest absolute Gasteiger partial charge is 0.297 e. The van der Waals surface area contributed by atoms with Crippen molar-refractivity contribution >= 4 is 23.1 Å². The molecule has 7 nitrogen and oxygen atoms in total. The van der Waals surface area contributed by atoms with Crippen molar-refractivity contribution in [2.75, 3.05) is 18.0 Å². The van der Waals surface area contributed by atoms with Gasteiger partial charge in [0.15, 0.2) is 0 Å². The van der Waals surface area contributed by atoms with Gasteiger partial charge in [0.05, 0.1) is 18.4 Å². The molecule has 0 radical (unpaired) electrons. The Morgan fingerprint density at radius 2 is 2.04 bits per heavy atom. The number of benzene rings is 1. The van der Waals surface area contributed by atoms with Gasteiger partial charge in [0.2, 0.25) is 0 Å². The molecule has 0 unspecified atom stereocenters. The molecule has 0 atom stereocenters. The molecule has 8 heteroatoms. The van der Waals surface area contributed by atoms with Crippen LogP contribution in [0.25, 0.3) is 5.78 Å². The number of halogens is 1. The maximum atomic E-state index is 12.9. The Bertz CT molecular complexity index is 1020. The minimum atomic E-state index is -0.101. The largest absolute Gasteiger partial charge is 0.373 e. The first kappa shape index (κ1) is 18.0. The first-order chi connectivity index (χ1) is 13.0. The Balaban J connectivity index is 1.43. The number of fused-ring (bicyclic) bond motifs is 1. The van der Waals surface area contributed by atoms with Crippen LogP contribution in [-0.2, 0) is 11.3 Å². The molecular formula is C19H22ClN5O2. The molecule has 0 saturated carbocycles. The highest BCUT2D eigenvalue weighted by Crippen LogP contribution is 2.22. The molecule has 1 saturated heterocycles. The minimum absolute atomic E-state index is 0.101. The summed E-state index contributed by atoms with van der Waals surface area (Å²) < 4.78 is 7.46. The number of hydrogen-bond donors (Lipinski definition) is 1. The molecule has 1 aromatic carbocycles. The monoisotopic (exact) mass is 387 g/mol. The summed E-state index contributed by atoms with van der Waals surface area (Å²) in [5.41, 5.74) is 2.33. The van der Waals surface area contributed by atoms with E-state index >= 15 is 0 Å². The molecule has 1 aliphatic rings. The van der Waals surface area contributed by atoms with Crippen LogP contribution in [0.5, 0.6) is 0 Å². The average Bonchev–Trinajstić information content (AvgIpc) is 3.01. The number of aromatic amines is 1. The number of nitrogens with one attached hydrogen (secondary N) is 1. The zero-order chi connectivity index (χ0) is 19.0. The highest BCUT2D eigenvalue weighted by atomic mass is 35.5. The fourth-order valence-corrected chi connectivity index (χ4v) is 3.78. The summed E-state index contributed by atoms with van der Waals surface area (Å²) in [6.07, 6.45) is 1.91. The maximum absolute atomic E-state index is 12.9. The van der Waals surface area contributed by atoms with Crippen molar-refractivity contribution in [2.45, 2.75) is 39.4 Å². The van der Waals surface area contributed by atoms with E-state index in [1.807, 2.05) is 38.1 Å². The van der Waals surface area contributed by atoms with Gasteiger partial charge in [0, 0.05) is 18.1 Å². The van der Waals surface area contributed by atoms with Crippen molar-refractivity contribution in [3.63, 3.8) is 0 Å². The van der Waals surface area contributed by atoms with Gasteiger partial charge in [-0.15, -0.1) is 0 Å². The van der Waals surface area contributed by atoms with Crippen LogP contribution in [0, 0.1) is 13.8 Å². The number of hydrogen-bond acceptors (Lipinski definition) is 5. The van der Waals surface area contributed by atoms with E-state index in [-0.39, 0.29) is 11.7 Å². The lowest BCUT2D eigenvalue weighted by Gasteiger charge is -2.33. The van der Waals surface area contributed by atoms with Crippen molar-refractivity contribution in [2.24, 2.45) is 0 Å². The van der Waals surface area contributed by atoms with Gasteiger partial charge in [-0.25, -0.2) is 4.98 Å². The summed E-state index contributed by atoms with van der Waals surface area (Å²) in [6, 6.07) is 7.73. The zero-order valence-corrected chi connectivity index (χ0v) is 16.2.